The average molecular weight is 299 g/mol. The van der Waals surface area contributed by atoms with Crippen molar-refractivity contribution in [1.82, 2.24) is 9.55 Å². The fourth-order valence-corrected chi connectivity index (χ4v) is 2.87. The molecule has 114 valence electrons. The summed E-state index contributed by atoms with van der Waals surface area (Å²) in [6.45, 7) is 2.72. The highest BCUT2D eigenvalue weighted by Gasteiger charge is 2.43. The van der Waals surface area contributed by atoms with Gasteiger partial charge in [-0.3, -0.25) is 0 Å². The Labute approximate surface area is 119 Å². The molecule has 0 radical (unpaired) electrons. The molecule has 3 rings (SSSR count). The molecule has 21 heavy (non-hydrogen) atoms. The van der Waals surface area contributed by atoms with Gasteiger partial charge in [-0.2, -0.15) is 13.2 Å². The van der Waals surface area contributed by atoms with Crippen LogP contribution in [0.15, 0.2) is 18.2 Å². The van der Waals surface area contributed by atoms with Gasteiger partial charge in [-0.05, 0) is 38.0 Å². The topological polar surface area (TPSA) is 53.1 Å². The van der Waals surface area contributed by atoms with Crippen LogP contribution in [0.3, 0.4) is 0 Å². The van der Waals surface area contributed by atoms with Gasteiger partial charge < -0.3 is 15.0 Å². The number of nitrogens with two attached hydrogens (primary N) is 1. The maximum Gasteiger partial charge on any atom is 0.449 e. The number of ether oxygens (including phenoxy) is 1. The summed E-state index contributed by atoms with van der Waals surface area (Å²) in [5.74, 6) is -0.868. The van der Waals surface area contributed by atoms with E-state index in [0.29, 0.717) is 37.3 Å². The van der Waals surface area contributed by atoms with Gasteiger partial charge in [-0.1, -0.05) is 0 Å². The van der Waals surface area contributed by atoms with Crippen LogP contribution in [0.4, 0.5) is 18.9 Å². The highest BCUT2D eigenvalue weighted by atomic mass is 19.4. The molecule has 1 aromatic heterocycles. The van der Waals surface area contributed by atoms with Gasteiger partial charge in [-0.25, -0.2) is 4.98 Å². The van der Waals surface area contributed by atoms with E-state index in [1.807, 2.05) is 6.92 Å². The standard InChI is InChI=1S/C14H16F3N3O/c1-13(4-6-21-7-5-13)20-11-3-2-9(18)8-10(11)19-12(20)14(15,16)17/h2-3,8H,4-7,18H2,1H3. The molecule has 1 aliphatic rings. The lowest BCUT2D eigenvalue weighted by Gasteiger charge is -2.37. The molecular weight excluding hydrogens is 283 g/mol. The number of halogens is 3. The first-order chi connectivity index (χ1) is 9.81. The Hall–Kier alpha value is -1.76. The van der Waals surface area contributed by atoms with E-state index < -0.39 is 17.5 Å². The minimum atomic E-state index is -4.50. The fourth-order valence-electron chi connectivity index (χ4n) is 2.87. The minimum absolute atomic E-state index is 0.273. The number of fused-ring (bicyclic) bond motifs is 1. The second-order valence-corrected chi connectivity index (χ2v) is 5.63. The number of nitrogen functional groups attached to an aromatic ring is 1. The summed E-state index contributed by atoms with van der Waals surface area (Å²) in [4.78, 5) is 3.78. The lowest BCUT2D eigenvalue weighted by molar-refractivity contribution is -0.150. The van der Waals surface area contributed by atoms with Crippen LogP contribution >= 0.6 is 0 Å². The van der Waals surface area contributed by atoms with Crippen LogP contribution in [0.2, 0.25) is 0 Å². The average Bonchev–Trinajstić information content (AvgIpc) is 2.78. The van der Waals surface area contributed by atoms with Crippen molar-refractivity contribution in [3.05, 3.63) is 24.0 Å². The maximum atomic E-state index is 13.4. The number of hydrogen-bond donors (Lipinski definition) is 1. The van der Waals surface area contributed by atoms with Crippen molar-refractivity contribution in [2.24, 2.45) is 0 Å². The van der Waals surface area contributed by atoms with Gasteiger partial charge in [0.1, 0.15) is 0 Å². The molecule has 0 aliphatic carbocycles. The molecule has 2 N–H and O–H groups in total. The highest BCUT2D eigenvalue weighted by molar-refractivity contribution is 5.80. The predicted molar refractivity (Wildman–Crippen MR) is 72.8 cm³/mol. The number of hydrogen-bond acceptors (Lipinski definition) is 3. The van der Waals surface area contributed by atoms with Crippen molar-refractivity contribution in [3.8, 4) is 0 Å². The van der Waals surface area contributed by atoms with Crippen molar-refractivity contribution < 1.29 is 17.9 Å². The third kappa shape index (κ3) is 2.35. The summed E-state index contributed by atoms with van der Waals surface area (Å²) in [7, 11) is 0. The molecule has 0 unspecified atom stereocenters. The molecule has 1 fully saturated rings. The molecule has 2 heterocycles. The monoisotopic (exact) mass is 299 g/mol. The van der Waals surface area contributed by atoms with Gasteiger partial charge in [0.05, 0.1) is 11.0 Å². The zero-order valence-corrected chi connectivity index (χ0v) is 11.6. The smallest absolute Gasteiger partial charge is 0.399 e. The number of benzene rings is 1. The van der Waals surface area contributed by atoms with Crippen LogP contribution in [0.1, 0.15) is 25.6 Å². The second kappa shape index (κ2) is 4.62. The first-order valence-corrected chi connectivity index (χ1v) is 6.75. The third-order valence-corrected chi connectivity index (χ3v) is 4.04. The van der Waals surface area contributed by atoms with Crippen molar-refractivity contribution in [2.75, 3.05) is 18.9 Å². The summed E-state index contributed by atoms with van der Waals surface area (Å²) >= 11 is 0. The lowest BCUT2D eigenvalue weighted by atomic mass is 9.91. The van der Waals surface area contributed by atoms with Crippen molar-refractivity contribution in [1.29, 1.82) is 0 Å². The normalized spacial score (nSPS) is 19.0. The van der Waals surface area contributed by atoms with E-state index >= 15 is 0 Å². The van der Waals surface area contributed by atoms with E-state index in [9.17, 15) is 13.2 Å². The number of alkyl halides is 3. The third-order valence-electron chi connectivity index (χ3n) is 4.04. The lowest BCUT2D eigenvalue weighted by Crippen LogP contribution is -2.39. The van der Waals surface area contributed by atoms with Crippen LogP contribution in [0.5, 0.6) is 0 Å². The first kappa shape index (κ1) is 14.2. The van der Waals surface area contributed by atoms with Crippen LogP contribution in [-0.2, 0) is 16.5 Å². The Balaban J connectivity index is 2.27. The molecule has 1 saturated heterocycles. The first-order valence-electron chi connectivity index (χ1n) is 6.75. The second-order valence-electron chi connectivity index (χ2n) is 5.63. The van der Waals surface area contributed by atoms with E-state index in [-0.39, 0.29) is 5.52 Å². The Morgan fingerprint density at radius 3 is 2.57 bits per heavy atom. The van der Waals surface area contributed by atoms with Gasteiger partial charge in [0.2, 0.25) is 5.82 Å². The maximum absolute atomic E-state index is 13.4. The van der Waals surface area contributed by atoms with Gasteiger partial charge in [0, 0.05) is 24.4 Å². The molecule has 0 bridgehead atoms. The Kier molecular flexibility index (Phi) is 3.12. The van der Waals surface area contributed by atoms with Gasteiger partial charge in [0.15, 0.2) is 0 Å². The Bertz CT molecular complexity index is 672. The number of anilines is 1. The van der Waals surface area contributed by atoms with Crippen LogP contribution in [0.25, 0.3) is 11.0 Å². The number of aromatic nitrogens is 2. The SMILES string of the molecule is CC1(n2c(C(F)(F)F)nc3cc(N)ccc32)CCOCC1. The van der Waals surface area contributed by atoms with E-state index in [4.69, 9.17) is 10.5 Å². The quantitative estimate of drug-likeness (QED) is 0.823. The zero-order valence-electron chi connectivity index (χ0n) is 11.6. The molecular formula is C14H16F3N3O. The number of imidazole rings is 1. The van der Waals surface area contributed by atoms with E-state index in [1.165, 1.54) is 10.6 Å². The Morgan fingerprint density at radius 2 is 1.95 bits per heavy atom. The van der Waals surface area contributed by atoms with Crippen molar-refractivity contribution in [3.63, 3.8) is 0 Å². The van der Waals surface area contributed by atoms with Crippen molar-refractivity contribution in [2.45, 2.75) is 31.5 Å². The summed E-state index contributed by atoms with van der Waals surface area (Å²) in [6, 6.07) is 4.68. The summed E-state index contributed by atoms with van der Waals surface area (Å²) in [5.41, 5.74) is 6.13. The summed E-state index contributed by atoms with van der Waals surface area (Å²) in [5, 5.41) is 0. The summed E-state index contributed by atoms with van der Waals surface area (Å²) < 4.78 is 46.7. The van der Waals surface area contributed by atoms with E-state index in [1.54, 1.807) is 12.1 Å². The molecule has 0 saturated carbocycles. The molecule has 1 aliphatic heterocycles. The molecule has 1 aromatic carbocycles. The largest absolute Gasteiger partial charge is 0.449 e. The number of rotatable bonds is 1. The molecule has 7 heteroatoms. The van der Waals surface area contributed by atoms with Crippen molar-refractivity contribution >= 4 is 16.7 Å². The van der Waals surface area contributed by atoms with Crippen LogP contribution < -0.4 is 5.73 Å². The summed E-state index contributed by atoms with van der Waals surface area (Å²) in [6.07, 6.45) is -3.47. The molecule has 0 atom stereocenters. The predicted octanol–water partition coefficient (Wildman–Crippen LogP) is 3.16. The fraction of sp³-hybridized carbons (Fsp3) is 0.500. The molecule has 2 aromatic rings. The molecule has 0 amide bonds. The molecule has 4 nitrogen and oxygen atoms in total. The van der Waals surface area contributed by atoms with Crippen LogP contribution in [0, 0.1) is 0 Å². The number of nitrogens with zero attached hydrogens (tertiary/aromatic N) is 2. The highest BCUT2D eigenvalue weighted by Crippen LogP contribution is 2.39. The zero-order chi connectivity index (χ0) is 15.3. The van der Waals surface area contributed by atoms with Gasteiger partial charge in [-0.15, -0.1) is 0 Å². The Morgan fingerprint density at radius 1 is 1.29 bits per heavy atom. The minimum Gasteiger partial charge on any atom is -0.399 e. The van der Waals surface area contributed by atoms with Gasteiger partial charge >= 0.3 is 6.18 Å². The molecule has 0 spiro atoms. The van der Waals surface area contributed by atoms with Crippen LogP contribution in [-0.4, -0.2) is 22.8 Å². The van der Waals surface area contributed by atoms with Gasteiger partial charge in [0.25, 0.3) is 0 Å². The van der Waals surface area contributed by atoms with E-state index in [0.717, 1.165) is 0 Å². The van der Waals surface area contributed by atoms with E-state index in [2.05, 4.69) is 4.98 Å².